The van der Waals surface area contributed by atoms with E-state index >= 15 is 0 Å². The first kappa shape index (κ1) is 16.2. The number of nitro benzene ring substituents is 1. The maximum atomic E-state index is 12.1. The molecule has 1 aliphatic heterocycles. The van der Waals surface area contributed by atoms with Gasteiger partial charge in [-0.05, 0) is 35.9 Å². The lowest BCUT2D eigenvalue weighted by molar-refractivity contribution is -0.385. The van der Waals surface area contributed by atoms with Crippen LogP contribution in [0.25, 0.3) is 11.8 Å². The van der Waals surface area contributed by atoms with Crippen molar-refractivity contribution in [1.29, 1.82) is 0 Å². The molecular formula is C17H10Cl2N2O3. The number of carbonyl (C=O) groups excluding carboxylic acids is 1. The van der Waals surface area contributed by atoms with Gasteiger partial charge in [0.1, 0.15) is 0 Å². The first-order valence-corrected chi connectivity index (χ1v) is 7.65. The summed E-state index contributed by atoms with van der Waals surface area (Å²) >= 11 is 11.9. The number of halogens is 2. The predicted molar refractivity (Wildman–Crippen MR) is 93.7 cm³/mol. The molecule has 1 N–H and O–H groups in total. The number of hydrogen-bond donors (Lipinski definition) is 1. The van der Waals surface area contributed by atoms with Gasteiger partial charge in [0.25, 0.3) is 11.6 Å². The second-order valence-corrected chi connectivity index (χ2v) is 5.87. The van der Waals surface area contributed by atoms with Crippen molar-refractivity contribution in [2.45, 2.75) is 0 Å². The molecule has 1 amide bonds. The molecule has 0 bridgehead atoms. The van der Waals surface area contributed by atoms with E-state index in [0.717, 1.165) is 0 Å². The summed E-state index contributed by atoms with van der Waals surface area (Å²) in [4.78, 5) is 22.7. The van der Waals surface area contributed by atoms with Crippen molar-refractivity contribution in [3.8, 4) is 0 Å². The molecule has 0 aromatic heterocycles. The monoisotopic (exact) mass is 360 g/mol. The second-order valence-electron chi connectivity index (χ2n) is 5.06. The van der Waals surface area contributed by atoms with Gasteiger partial charge in [0.2, 0.25) is 0 Å². The molecule has 0 aliphatic carbocycles. The summed E-state index contributed by atoms with van der Waals surface area (Å²) in [6.45, 7) is 0. The van der Waals surface area contributed by atoms with Crippen molar-refractivity contribution in [3.63, 3.8) is 0 Å². The largest absolute Gasteiger partial charge is 0.321 e. The van der Waals surface area contributed by atoms with Crippen LogP contribution in [0.5, 0.6) is 0 Å². The Balaban J connectivity index is 2.00. The maximum absolute atomic E-state index is 12.1. The highest BCUT2D eigenvalue weighted by atomic mass is 35.5. The lowest BCUT2D eigenvalue weighted by Crippen LogP contribution is -2.15. The summed E-state index contributed by atoms with van der Waals surface area (Å²) in [5.74, 6) is -0.339. The Morgan fingerprint density at radius 3 is 2.54 bits per heavy atom. The Morgan fingerprint density at radius 2 is 1.83 bits per heavy atom. The van der Waals surface area contributed by atoms with Gasteiger partial charge >= 0.3 is 0 Å². The maximum Gasteiger partial charge on any atom is 0.276 e. The summed E-state index contributed by atoms with van der Waals surface area (Å²) in [6, 6.07) is 11.2. The lowest BCUT2D eigenvalue weighted by atomic mass is 10.1. The number of benzene rings is 2. The third-order valence-electron chi connectivity index (χ3n) is 3.49. The minimum absolute atomic E-state index is 0.0609. The molecule has 7 heteroatoms. The molecule has 0 radical (unpaired) electrons. The number of carbonyl (C=O) groups is 1. The molecule has 0 atom stereocenters. The Morgan fingerprint density at radius 1 is 1.08 bits per heavy atom. The molecule has 1 heterocycles. The SMILES string of the molecule is O=C1NC(c2ccc(Cl)c(Cl)c2)=C/C1=C/c1ccccc1[N+](=O)[O-]. The standard InChI is InChI=1S/C17H10Cl2N2O3/c18-13-6-5-10(8-14(13)19)15-9-12(17(22)20-15)7-11-3-1-2-4-16(11)21(23)24/h1-9H,(H,20,22)/b12-7-. The van der Waals surface area contributed by atoms with Gasteiger partial charge in [0.15, 0.2) is 0 Å². The van der Waals surface area contributed by atoms with Crippen LogP contribution in [0.2, 0.25) is 10.0 Å². The lowest BCUT2D eigenvalue weighted by Gasteiger charge is -2.04. The third kappa shape index (κ3) is 3.18. The molecule has 3 rings (SSSR count). The number of nitrogens with zero attached hydrogens (tertiary/aromatic N) is 1. The van der Waals surface area contributed by atoms with E-state index in [-0.39, 0.29) is 11.6 Å². The predicted octanol–water partition coefficient (Wildman–Crippen LogP) is 4.46. The molecule has 0 unspecified atom stereocenters. The van der Waals surface area contributed by atoms with E-state index in [1.165, 1.54) is 12.1 Å². The molecule has 0 saturated heterocycles. The van der Waals surface area contributed by atoms with Gasteiger partial charge in [-0.3, -0.25) is 14.9 Å². The van der Waals surface area contributed by atoms with Crippen molar-refractivity contribution < 1.29 is 9.72 Å². The van der Waals surface area contributed by atoms with Crippen LogP contribution in [0.4, 0.5) is 5.69 Å². The first-order valence-electron chi connectivity index (χ1n) is 6.89. The average molecular weight is 361 g/mol. The van der Waals surface area contributed by atoms with Gasteiger partial charge in [0, 0.05) is 17.3 Å². The normalized spacial score (nSPS) is 15.3. The van der Waals surface area contributed by atoms with E-state index in [0.29, 0.717) is 32.4 Å². The Labute approximate surface area is 147 Å². The molecule has 0 saturated carbocycles. The van der Waals surface area contributed by atoms with Crippen molar-refractivity contribution in [3.05, 3.63) is 85.4 Å². The number of hydrogen-bond acceptors (Lipinski definition) is 3. The van der Waals surface area contributed by atoms with Crippen LogP contribution in [0.15, 0.2) is 54.1 Å². The molecule has 0 spiro atoms. The molecule has 0 fully saturated rings. The van der Waals surface area contributed by atoms with Crippen LogP contribution in [0.1, 0.15) is 11.1 Å². The summed E-state index contributed by atoms with van der Waals surface area (Å²) in [6.07, 6.45) is 3.11. The molecule has 2 aromatic rings. The zero-order valence-electron chi connectivity index (χ0n) is 12.1. The molecule has 24 heavy (non-hydrogen) atoms. The Bertz CT molecular complexity index is 920. The summed E-state index contributed by atoms with van der Waals surface area (Å²) in [7, 11) is 0. The molecule has 2 aromatic carbocycles. The van der Waals surface area contributed by atoms with Gasteiger partial charge in [0.05, 0.1) is 20.5 Å². The zero-order chi connectivity index (χ0) is 17.3. The van der Waals surface area contributed by atoms with Crippen molar-refractivity contribution in [1.82, 2.24) is 5.32 Å². The molecule has 5 nitrogen and oxygen atoms in total. The smallest absolute Gasteiger partial charge is 0.276 e. The van der Waals surface area contributed by atoms with E-state index in [1.54, 1.807) is 42.5 Å². The zero-order valence-corrected chi connectivity index (χ0v) is 13.6. The Hall–Kier alpha value is -2.63. The highest BCUT2D eigenvalue weighted by Gasteiger charge is 2.21. The third-order valence-corrected chi connectivity index (χ3v) is 4.22. The first-order chi connectivity index (χ1) is 11.5. The minimum atomic E-state index is -0.483. The van der Waals surface area contributed by atoms with Crippen LogP contribution >= 0.6 is 23.2 Å². The average Bonchev–Trinajstić information content (AvgIpc) is 2.91. The van der Waals surface area contributed by atoms with E-state index < -0.39 is 4.92 Å². The van der Waals surface area contributed by atoms with Crippen LogP contribution in [-0.2, 0) is 4.79 Å². The molecular weight excluding hydrogens is 351 g/mol. The number of para-hydroxylation sites is 1. The van der Waals surface area contributed by atoms with E-state index in [4.69, 9.17) is 23.2 Å². The molecule has 1 aliphatic rings. The van der Waals surface area contributed by atoms with E-state index in [9.17, 15) is 14.9 Å². The van der Waals surface area contributed by atoms with Crippen molar-refractivity contribution in [2.24, 2.45) is 0 Å². The van der Waals surface area contributed by atoms with Crippen molar-refractivity contribution >= 4 is 46.6 Å². The number of rotatable bonds is 3. The minimum Gasteiger partial charge on any atom is -0.321 e. The summed E-state index contributed by atoms with van der Waals surface area (Å²) in [5.41, 5.74) is 1.88. The van der Waals surface area contributed by atoms with Gasteiger partial charge in [-0.25, -0.2) is 0 Å². The van der Waals surface area contributed by atoms with Crippen LogP contribution in [0.3, 0.4) is 0 Å². The van der Waals surface area contributed by atoms with Crippen LogP contribution in [-0.4, -0.2) is 10.8 Å². The van der Waals surface area contributed by atoms with Crippen molar-refractivity contribution in [2.75, 3.05) is 0 Å². The quantitative estimate of drug-likeness (QED) is 0.499. The van der Waals surface area contributed by atoms with Gasteiger partial charge in [-0.15, -0.1) is 0 Å². The number of nitrogens with one attached hydrogen (secondary N) is 1. The number of amides is 1. The van der Waals surface area contributed by atoms with Crippen LogP contribution in [0, 0.1) is 10.1 Å². The topological polar surface area (TPSA) is 72.2 Å². The van der Waals surface area contributed by atoms with E-state index in [2.05, 4.69) is 5.32 Å². The van der Waals surface area contributed by atoms with Crippen LogP contribution < -0.4 is 5.32 Å². The second kappa shape index (κ2) is 6.47. The summed E-state index contributed by atoms with van der Waals surface area (Å²) < 4.78 is 0. The van der Waals surface area contributed by atoms with Gasteiger partial charge < -0.3 is 5.32 Å². The van der Waals surface area contributed by atoms with E-state index in [1.807, 2.05) is 0 Å². The van der Waals surface area contributed by atoms with Gasteiger partial charge in [-0.1, -0.05) is 41.4 Å². The summed E-state index contributed by atoms with van der Waals surface area (Å²) in [5, 5.41) is 14.6. The molecule has 120 valence electrons. The fourth-order valence-corrected chi connectivity index (χ4v) is 2.62. The fraction of sp³-hybridized carbons (Fsp3) is 0. The Kier molecular flexibility index (Phi) is 4.38. The van der Waals surface area contributed by atoms with Gasteiger partial charge in [-0.2, -0.15) is 0 Å². The fourth-order valence-electron chi connectivity index (χ4n) is 2.32. The highest BCUT2D eigenvalue weighted by Crippen LogP contribution is 2.29. The number of nitro groups is 1. The highest BCUT2D eigenvalue weighted by molar-refractivity contribution is 6.42.